The third-order valence-corrected chi connectivity index (χ3v) is 7.42. The van der Waals surface area contributed by atoms with Gasteiger partial charge in [0, 0.05) is 41.3 Å². The summed E-state index contributed by atoms with van der Waals surface area (Å²) in [4.78, 5) is 51.0. The second-order valence-corrected chi connectivity index (χ2v) is 10.6. The molecule has 0 bridgehead atoms. The van der Waals surface area contributed by atoms with Gasteiger partial charge in [-0.2, -0.15) is 5.10 Å². The summed E-state index contributed by atoms with van der Waals surface area (Å²) < 4.78 is 8.87. The fourth-order valence-corrected chi connectivity index (χ4v) is 5.04. The number of aromatic carboxylic acids is 1. The van der Waals surface area contributed by atoms with Crippen molar-refractivity contribution in [2.75, 3.05) is 7.11 Å². The molecule has 1 atom stereocenters. The summed E-state index contributed by atoms with van der Waals surface area (Å²) in [6, 6.07) is 13.5. The molecule has 0 aliphatic heterocycles. The van der Waals surface area contributed by atoms with Gasteiger partial charge in [0.05, 0.1) is 30.6 Å². The molecule has 2 aromatic heterocycles. The second kappa shape index (κ2) is 11.5. The molecular formula is C31H28ClN3O6. The Morgan fingerprint density at radius 2 is 1.80 bits per heavy atom. The van der Waals surface area contributed by atoms with Crippen molar-refractivity contribution in [3.63, 3.8) is 0 Å². The third-order valence-electron chi connectivity index (χ3n) is 7.19. The molecule has 2 aromatic carbocycles. The van der Waals surface area contributed by atoms with E-state index in [1.54, 1.807) is 30.3 Å². The molecule has 1 saturated carbocycles. The lowest BCUT2D eigenvalue weighted by molar-refractivity contribution is -0.121. The molecule has 210 valence electrons. The number of rotatable bonds is 11. The number of carbonyl (C=O) groups is 3. The van der Waals surface area contributed by atoms with Gasteiger partial charge in [0.25, 0.3) is 5.56 Å². The van der Waals surface area contributed by atoms with Crippen LogP contribution in [0.15, 0.2) is 71.8 Å². The summed E-state index contributed by atoms with van der Waals surface area (Å²) in [5.74, 6) is -1.21. The van der Waals surface area contributed by atoms with Gasteiger partial charge in [-0.25, -0.2) is 4.79 Å². The van der Waals surface area contributed by atoms with Gasteiger partial charge in [-0.15, -0.1) is 0 Å². The van der Waals surface area contributed by atoms with Crippen molar-refractivity contribution < 1.29 is 24.2 Å². The first-order chi connectivity index (χ1) is 19.6. The number of ether oxygens (including phenoxy) is 1. The number of benzene rings is 2. The van der Waals surface area contributed by atoms with Crippen LogP contribution < -0.4 is 10.3 Å². The van der Waals surface area contributed by atoms with Crippen LogP contribution in [0.4, 0.5) is 0 Å². The van der Waals surface area contributed by atoms with Crippen molar-refractivity contribution in [3.8, 4) is 16.9 Å². The maximum atomic E-state index is 13.8. The molecule has 2 heterocycles. The van der Waals surface area contributed by atoms with Gasteiger partial charge in [-0.1, -0.05) is 23.7 Å². The van der Waals surface area contributed by atoms with Crippen molar-refractivity contribution in [3.05, 3.63) is 105 Å². The summed E-state index contributed by atoms with van der Waals surface area (Å²) in [5, 5.41) is 14.2. The molecule has 41 heavy (non-hydrogen) atoms. The maximum Gasteiger partial charge on any atom is 0.335 e. The van der Waals surface area contributed by atoms with Gasteiger partial charge < -0.3 is 14.4 Å². The quantitative estimate of drug-likeness (QED) is 0.245. The number of aromatic nitrogens is 3. The Kier molecular flexibility index (Phi) is 7.90. The first-order valence-corrected chi connectivity index (χ1v) is 13.5. The molecule has 5 rings (SSSR count). The number of Topliss-reactive ketones (excluding diaryl/α,β-unsaturated/α-hetero) is 2. The van der Waals surface area contributed by atoms with E-state index in [0.29, 0.717) is 44.8 Å². The number of nitrogens with zero attached hydrogens (tertiary/aromatic N) is 3. The molecule has 0 spiro atoms. The van der Waals surface area contributed by atoms with Crippen LogP contribution in [0.1, 0.15) is 63.8 Å². The van der Waals surface area contributed by atoms with E-state index in [2.05, 4.69) is 5.10 Å². The monoisotopic (exact) mass is 573 g/mol. The summed E-state index contributed by atoms with van der Waals surface area (Å²) in [6.07, 6.45) is 5.63. The number of hydrogen-bond acceptors (Lipinski definition) is 6. The predicted molar refractivity (Wildman–Crippen MR) is 153 cm³/mol. The highest BCUT2D eigenvalue weighted by Crippen LogP contribution is 2.35. The SMILES string of the molecule is COc1cn(C(Cc2ccn(C3CC3)n2)C(=O)Cc2ccc(C(=O)O)cc2)c(=O)cc1-c1cc(Cl)ccc1C(C)=O. The lowest BCUT2D eigenvalue weighted by Gasteiger charge is -2.21. The first kappa shape index (κ1) is 28.0. The molecule has 0 radical (unpaired) electrons. The normalized spacial score (nSPS) is 13.5. The van der Waals surface area contributed by atoms with E-state index in [1.807, 2.05) is 16.9 Å². The van der Waals surface area contributed by atoms with Crippen LogP contribution in [0.3, 0.4) is 0 Å². The second-order valence-electron chi connectivity index (χ2n) is 10.1. The lowest BCUT2D eigenvalue weighted by Crippen LogP contribution is -2.32. The topological polar surface area (TPSA) is 120 Å². The minimum Gasteiger partial charge on any atom is -0.495 e. The van der Waals surface area contributed by atoms with E-state index in [9.17, 15) is 24.3 Å². The highest BCUT2D eigenvalue weighted by atomic mass is 35.5. The van der Waals surface area contributed by atoms with Gasteiger partial charge >= 0.3 is 5.97 Å². The van der Waals surface area contributed by atoms with Gasteiger partial charge in [-0.05, 0) is 67.3 Å². The zero-order chi connectivity index (χ0) is 29.3. The molecular weight excluding hydrogens is 546 g/mol. The number of carbonyl (C=O) groups excluding carboxylic acids is 2. The molecule has 0 saturated heterocycles. The van der Waals surface area contributed by atoms with Crippen molar-refractivity contribution >= 4 is 29.1 Å². The van der Waals surface area contributed by atoms with E-state index in [1.165, 1.54) is 43.0 Å². The van der Waals surface area contributed by atoms with Crippen molar-refractivity contribution in [1.82, 2.24) is 14.3 Å². The Morgan fingerprint density at radius 1 is 1.07 bits per heavy atom. The van der Waals surface area contributed by atoms with E-state index in [-0.39, 0.29) is 30.0 Å². The van der Waals surface area contributed by atoms with Crippen LogP contribution in [-0.4, -0.2) is 44.1 Å². The average molecular weight is 574 g/mol. The van der Waals surface area contributed by atoms with Crippen LogP contribution in [0.25, 0.3) is 11.1 Å². The fraction of sp³-hybridized carbons (Fsp3) is 0.258. The van der Waals surface area contributed by atoms with Gasteiger partial charge in [0.2, 0.25) is 0 Å². The number of pyridine rings is 1. The summed E-state index contributed by atoms with van der Waals surface area (Å²) in [5.41, 5.74) is 2.16. The number of methoxy groups -OCH3 is 1. The minimum atomic E-state index is -1.06. The molecule has 1 aliphatic carbocycles. The molecule has 1 unspecified atom stereocenters. The van der Waals surface area contributed by atoms with E-state index in [4.69, 9.17) is 16.3 Å². The highest BCUT2D eigenvalue weighted by Gasteiger charge is 2.28. The maximum absolute atomic E-state index is 13.8. The van der Waals surface area contributed by atoms with Gasteiger partial charge in [0.15, 0.2) is 11.6 Å². The number of carboxylic acid groups (broad SMARTS) is 1. The largest absolute Gasteiger partial charge is 0.495 e. The van der Waals surface area contributed by atoms with Gasteiger partial charge in [0.1, 0.15) is 11.8 Å². The molecule has 1 N–H and O–H groups in total. The zero-order valence-electron chi connectivity index (χ0n) is 22.5. The number of halogens is 1. The van der Waals surface area contributed by atoms with Crippen molar-refractivity contribution in [2.45, 2.75) is 44.7 Å². The Hall–Kier alpha value is -4.50. The number of ketones is 2. The Balaban J connectivity index is 1.55. The van der Waals surface area contributed by atoms with E-state index in [0.717, 1.165) is 12.8 Å². The van der Waals surface area contributed by atoms with Crippen LogP contribution in [0.2, 0.25) is 5.02 Å². The smallest absolute Gasteiger partial charge is 0.335 e. The Morgan fingerprint density at radius 3 is 2.44 bits per heavy atom. The van der Waals surface area contributed by atoms with Crippen LogP contribution in [-0.2, 0) is 17.6 Å². The highest BCUT2D eigenvalue weighted by molar-refractivity contribution is 6.31. The fourth-order valence-electron chi connectivity index (χ4n) is 4.87. The van der Waals surface area contributed by atoms with Crippen LogP contribution in [0.5, 0.6) is 5.75 Å². The van der Waals surface area contributed by atoms with E-state index >= 15 is 0 Å². The Bertz CT molecular complexity index is 1700. The lowest BCUT2D eigenvalue weighted by atomic mass is 9.96. The molecule has 1 fully saturated rings. The predicted octanol–water partition coefficient (Wildman–Crippen LogP) is 5.21. The van der Waals surface area contributed by atoms with E-state index < -0.39 is 17.6 Å². The number of hydrogen-bond donors (Lipinski definition) is 1. The number of carboxylic acids is 1. The molecule has 4 aromatic rings. The Labute approximate surface area is 241 Å². The molecule has 9 nitrogen and oxygen atoms in total. The molecule has 1 aliphatic rings. The van der Waals surface area contributed by atoms with Gasteiger partial charge in [-0.3, -0.25) is 19.1 Å². The summed E-state index contributed by atoms with van der Waals surface area (Å²) >= 11 is 6.23. The molecule has 0 amide bonds. The standard InChI is InChI=1S/C31H28ClN3O6/c1-18(36)24-10-7-21(32)14-25(24)26-16-30(38)34(17-29(26)41-2)27(15-22-11-12-35(33-22)23-8-9-23)28(37)13-19-3-5-20(6-4-19)31(39)40/h3-7,10-12,14,16-17,23,27H,8-9,13,15H2,1-2H3,(H,39,40). The summed E-state index contributed by atoms with van der Waals surface area (Å²) in [7, 11) is 1.45. The van der Waals surface area contributed by atoms with Crippen molar-refractivity contribution in [1.29, 1.82) is 0 Å². The molecule has 10 heteroatoms. The minimum absolute atomic E-state index is 0.0207. The third kappa shape index (κ3) is 6.15. The summed E-state index contributed by atoms with van der Waals surface area (Å²) in [6.45, 7) is 1.43. The first-order valence-electron chi connectivity index (χ1n) is 13.1. The zero-order valence-corrected chi connectivity index (χ0v) is 23.3. The average Bonchev–Trinajstić information content (AvgIpc) is 3.69. The van der Waals surface area contributed by atoms with Crippen molar-refractivity contribution in [2.24, 2.45) is 0 Å². The van der Waals surface area contributed by atoms with Crippen LogP contribution >= 0.6 is 11.6 Å². The van der Waals surface area contributed by atoms with Crippen LogP contribution in [0, 0.1) is 0 Å².